The maximum absolute atomic E-state index is 13.2. The van der Waals surface area contributed by atoms with E-state index < -0.39 is 11.0 Å². The quantitative estimate of drug-likeness (QED) is 0.377. The highest BCUT2D eigenvalue weighted by Gasteiger charge is 2.52. The number of amides is 2. The molecule has 1 aromatic heterocycles. The molecule has 2 aliphatic rings. The molecule has 7 heteroatoms. The van der Waals surface area contributed by atoms with E-state index in [2.05, 4.69) is 10.3 Å². The van der Waals surface area contributed by atoms with Gasteiger partial charge in [-0.1, -0.05) is 54.6 Å². The Labute approximate surface area is 236 Å². The molecule has 1 saturated carbocycles. The van der Waals surface area contributed by atoms with E-state index in [0.717, 1.165) is 40.8 Å². The Morgan fingerprint density at radius 2 is 1.82 bits per heavy atom. The Kier molecular flexibility index (Phi) is 7.69. The topological polar surface area (TPSA) is 91.8 Å². The van der Waals surface area contributed by atoms with Crippen molar-refractivity contribution in [2.45, 2.75) is 69.6 Å². The van der Waals surface area contributed by atoms with Crippen LogP contribution < -0.4 is 5.32 Å². The number of carbonyl (C=O) groups excluding carboxylic acids is 2. The van der Waals surface area contributed by atoms with Crippen molar-refractivity contribution in [1.82, 2.24) is 15.2 Å². The average molecular weight is 542 g/mol. The highest BCUT2D eigenvalue weighted by molar-refractivity contribution is 5.90. The van der Waals surface area contributed by atoms with Gasteiger partial charge in [-0.05, 0) is 74.4 Å². The SMILES string of the molecule is CNC(=O)C1(c2cc(-c3ccc([C@H](C)N4CC[C@@H](C(Cc5ccccc5)C(C)(C)O)OC4=O)cc3)ccn2)CC1. The van der Waals surface area contributed by atoms with Crippen molar-refractivity contribution in [2.24, 2.45) is 5.92 Å². The highest BCUT2D eigenvalue weighted by atomic mass is 16.6. The maximum atomic E-state index is 13.2. The molecule has 3 atom stereocenters. The van der Waals surface area contributed by atoms with Gasteiger partial charge in [0, 0.05) is 32.1 Å². The lowest BCUT2D eigenvalue weighted by Crippen LogP contribution is -2.50. The highest BCUT2D eigenvalue weighted by Crippen LogP contribution is 2.48. The minimum absolute atomic E-state index is 0.0194. The molecular weight excluding hydrogens is 502 g/mol. The molecule has 0 radical (unpaired) electrons. The first-order chi connectivity index (χ1) is 19.1. The maximum Gasteiger partial charge on any atom is 0.410 e. The van der Waals surface area contributed by atoms with E-state index in [9.17, 15) is 14.7 Å². The van der Waals surface area contributed by atoms with Gasteiger partial charge in [0.25, 0.3) is 0 Å². The minimum Gasteiger partial charge on any atom is -0.446 e. The summed E-state index contributed by atoms with van der Waals surface area (Å²) in [6.45, 7) is 6.15. The number of nitrogens with one attached hydrogen (secondary N) is 1. The zero-order valence-electron chi connectivity index (χ0n) is 23.8. The summed E-state index contributed by atoms with van der Waals surface area (Å²) < 4.78 is 5.96. The monoisotopic (exact) mass is 541 g/mol. The molecule has 2 N–H and O–H groups in total. The first kappa shape index (κ1) is 27.8. The molecular formula is C33H39N3O4. The molecule has 210 valence electrons. The van der Waals surface area contributed by atoms with Crippen LogP contribution in [0, 0.1) is 5.92 Å². The third-order valence-corrected chi connectivity index (χ3v) is 8.65. The number of likely N-dealkylation sites (N-methyl/N-ethyl adjacent to an activating group) is 1. The summed E-state index contributed by atoms with van der Waals surface area (Å²) in [5, 5.41) is 13.7. The van der Waals surface area contributed by atoms with Gasteiger partial charge in [-0.25, -0.2) is 4.79 Å². The van der Waals surface area contributed by atoms with Crippen molar-refractivity contribution < 1.29 is 19.4 Å². The fourth-order valence-electron chi connectivity index (χ4n) is 5.92. The Bertz CT molecular complexity index is 1350. The summed E-state index contributed by atoms with van der Waals surface area (Å²) in [4.78, 5) is 31.9. The van der Waals surface area contributed by atoms with E-state index in [1.54, 1.807) is 32.0 Å². The standard InChI is InChI=1S/C33H39N3O4/c1-22(36-19-15-28(40-31(36)38)27(32(2,3)39)20-23-8-6-5-7-9-23)24-10-12-25(13-11-24)26-14-18-35-29(21-26)33(16-17-33)30(37)34-4/h5-14,18,21-22,27-28,39H,15-17,19-20H2,1-4H3,(H,34,37)/t22-,27?,28-/m0/s1. The number of ether oxygens (including phenoxy) is 1. The summed E-state index contributed by atoms with van der Waals surface area (Å²) in [6, 6.07) is 22.0. The normalized spacial score (nSPS) is 19.9. The van der Waals surface area contributed by atoms with Gasteiger partial charge in [0.05, 0.1) is 22.8 Å². The van der Waals surface area contributed by atoms with E-state index >= 15 is 0 Å². The van der Waals surface area contributed by atoms with Crippen molar-refractivity contribution in [3.05, 3.63) is 89.7 Å². The van der Waals surface area contributed by atoms with Gasteiger partial charge in [0.15, 0.2) is 0 Å². The van der Waals surface area contributed by atoms with Gasteiger partial charge in [0.1, 0.15) is 6.10 Å². The van der Waals surface area contributed by atoms with Crippen LogP contribution in [0.2, 0.25) is 0 Å². The number of cyclic esters (lactones) is 1. The van der Waals surface area contributed by atoms with Crippen LogP contribution in [0.25, 0.3) is 11.1 Å². The van der Waals surface area contributed by atoms with Crippen LogP contribution in [0.4, 0.5) is 4.79 Å². The molecule has 3 aromatic rings. The van der Waals surface area contributed by atoms with E-state index in [1.807, 2.05) is 73.7 Å². The van der Waals surface area contributed by atoms with Crippen molar-refractivity contribution in [1.29, 1.82) is 0 Å². The molecule has 1 saturated heterocycles. The fraction of sp³-hybridized carbons (Fsp3) is 0.424. The molecule has 0 bridgehead atoms. The molecule has 2 fully saturated rings. The lowest BCUT2D eigenvalue weighted by atomic mass is 9.80. The number of carbonyl (C=O) groups is 2. The second-order valence-electron chi connectivity index (χ2n) is 11.7. The first-order valence-electron chi connectivity index (χ1n) is 14.1. The predicted octanol–water partition coefficient (Wildman–Crippen LogP) is 5.43. The second-order valence-corrected chi connectivity index (χ2v) is 11.7. The molecule has 1 unspecified atom stereocenters. The van der Waals surface area contributed by atoms with E-state index in [4.69, 9.17) is 4.74 Å². The zero-order chi connectivity index (χ0) is 28.5. The predicted molar refractivity (Wildman–Crippen MR) is 155 cm³/mol. The van der Waals surface area contributed by atoms with Gasteiger partial charge >= 0.3 is 6.09 Å². The van der Waals surface area contributed by atoms with Crippen LogP contribution in [0.15, 0.2) is 72.9 Å². The molecule has 1 aliphatic carbocycles. The molecule has 2 aromatic carbocycles. The first-order valence-corrected chi connectivity index (χ1v) is 14.1. The van der Waals surface area contributed by atoms with Crippen LogP contribution in [0.5, 0.6) is 0 Å². The number of benzene rings is 2. The lowest BCUT2D eigenvalue weighted by Gasteiger charge is -2.42. The Morgan fingerprint density at radius 3 is 2.42 bits per heavy atom. The van der Waals surface area contributed by atoms with E-state index in [0.29, 0.717) is 19.4 Å². The number of hydrogen-bond donors (Lipinski definition) is 2. The van der Waals surface area contributed by atoms with Crippen molar-refractivity contribution in [3.8, 4) is 11.1 Å². The molecule has 5 rings (SSSR count). The van der Waals surface area contributed by atoms with Crippen molar-refractivity contribution >= 4 is 12.0 Å². The number of aliphatic hydroxyl groups is 1. The van der Waals surface area contributed by atoms with Gasteiger partial charge in [-0.15, -0.1) is 0 Å². The van der Waals surface area contributed by atoms with Crippen LogP contribution in [-0.4, -0.2) is 52.3 Å². The van der Waals surface area contributed by atoms with Crippen LogP contribution in [0.1, 0.15) is 62.9 Å². The number of nitrogens with zero attached hydrogens (tertiary/aromatic N) is 2. The minimum atomic E-state index is -0.989. The Hall–Kier alpha value is -3.71. The number of hydrogen-bond acceptors (Lipinski definition) is 5. The summed E-state index contributed by atoms with van der Waals surface area (Å²) in [7, 11) is 1.67. The Morgan fingerprint density at radius 1 is 1.12 bits per heavy atom. The van der Waals surface area contributed by atoms with Crippen LogP contribution in [-0.2, 0) is 21.4 Å². The number of aromatic nitrogens is 1. The molecule has 1 aliphatic heterocycles. The smallest absolute Gasteiger partial charge is 0.410 e. The second kappa shape index (κ2) is 11.0. The Balaban J connectivity index is 1.26. The zero-order valence-corrected chi connectivity index (χ0v) is 23.8. The molecule has 7 nitrogen and oxygen atoms in total. The summed E-state index contributed by atoms with van der Waals surface area (Å²) >= 11 is 0. The number of pyridine rings is 1. The van der Waals surface area contributed by atoms with Gasteiger partial charge in [0.2, 0.25) is 5.91 Å². The van der Waals surface area contributed by atoms with Crippen LogP contribution >= 0.6 is 0 Å². The lowest BCUT2D eigenvalue weighted by molar-refractivity contribution is -0.123. The van der Waals surface area contributed by atoms with Crippen molar-refractivity contribution in [3.63, 3.8) is 0 Å². The van der Waals surface area contributed by atoms with E-state index in [-0.39, 0.29) is 30.1 Å². The van der Waals surface area contributed by atoms with Gasteiger partial charge in [-0.2, -0.15) is 0 Å². The average Bonchev–Trinajstić information content (AvgIpc) is 3.78. The van der Waals surface area contributed by atoms with Crippen molar-refractivity contribution in [2.75, 3.05) is 13.6 Å². The largest absolute Gasteiger partial charge is 0.446 e. The summed E-state index contributed by atoms with van der Waals surface area (Å²) in [5.74, 6) is -0.190. The van der Waals surface area contributed by atoms with Gasteiger partial charge in [-0.3, -0.25) is 9.78 Å². The number of rotatable bonds is 9. The third kappa shape index (κ3) is 5.61. The van der Waals surface area contributed by atoms with Gasteiger partial charge < -0.3 is 20.1 Å². The molecule has 40 heavy (non-hydrogen) atoms. The molecule has 0 spiro atoms. The van der Waals surface area contributed by atoms with E-state index in [1.165, 1.54) is 0 Å². The summed E-state index contributed by atoms with van der Waals surface area (Å²) in [5.41, 5.74) is 3.49. The molecule has 2 heterocycles. The summed E-state index contributed by atoms with van der Waals surface area (Å²) in [6.07, 6.45) is 3.98. The fourth-order valence-corrected chi connectivity index (χ4v) is 5.92. The molecule has 2 amide bonds. The van der Waals surface area contributed by atoms with Crippen LogP contribution in [0.3, 0.4) is 0 Å². The third-order valence-electron chi connectivity index (χ3n) is 8.65.